The van der Waals surface area contributed by atoms with E-state index in [1.54, 1.807) is 11.0 Å². The smallest absolute Gasteiger partial charge is 0.220 e. The van der Waals surface area contributed by atoms with E-state index in [-0.39, 0.29) is 5.91 Å². The number of fused-ring (bicyclic) bond motifs is 1. The highest BCUT2D eigenvalue weighted by atomic mass is 16.3. The summed E-state index contributed by atoms with van der Waals surface area (Å²) in [6, 6.07) is 15.8. The second kappa shape index (κ2) is 8.47. The van der Waals surface area contributed by atoms with Crippen LogP contribution in [0, 0.1) is 0 Å². The number of benzene rings is 2. The largest absolute Gasteiger partial charge is 0.441 e. The molecule has 0 unspecified atom stereocenters. The Hall–Kier alpha value is -3.48. The van der Waals surface area contributed by atoms with Gasteiger partial charge < -0.3 is 9.73 Å². The summed E-state index contributed by atoms with van der Waals surface area (Å²) in [7, 11) is 0. The molecule has 0 aliphatic rings. The SMILES string of the molecule is O=C(CCCc1nc2ccccc2o1)NCc1ccc(Cn2cncn2)cc1. The molecule has 2 heterocycles. The number of para-hydroxylation sites is 2. The Balaban J connectivity index is 1.19. The fourth-order valence-electron chi connectivity index (χ4n) is 2.98. The number of amides is 1. The van der Waals surface area contributed by atoms with Gasteiger partial charge in [0.25, 0.3) is 0 Å². The molecule has 0 spiro atoms. The standard InChI is InChI=1S/C21H21N5O2/c27-20(6-3-7-21-25-18-4-1-2-5-19(18)28-21)23-12-16-8-10-17(11-9-16)13-26-15-22-14-24-26/h1-2,4-5,8-11,14-15H,3,6-7,12-13H2,(H,23,27). The van der Waals surface area contributed by atoms with E-state index in [2.05, 4.69) is 20.4 Å². The maximum absolute atomic E-state index is 12.1. The lowest BCUT2D eigenvalue weighted by molar-refractivity contribution is -0.121. The van der Waals surface area contributed by atoms with Gasteiger partial charge in [-0.05, 0) is 29.7 Å². The number of carbonyl (C=O) groups is 1. The highest BCUT2D eigenvalue weighted by Crippen LogP contribution is 2.16. The van der Waals surface area contributed by atoms with Crippen LogP contribution in [0.5, 0.6) is 0 Å². The molecule has 28 heavy (non-hydrogen) atoms. The average molecular weight is 375 g/mol. The minimum Gasteiger partial charge on any atom is -0.441 e. The van der Waals surface area contributed by atoms with Crippen molar-refractivity contribution in [3.63, 3.8) is 0 Å². The average Bonchev–Trinajstić information content (AvgIpc) is 3.36. The molecule has 7 nitrogen and oxygen atoms in total. The van der Waals surface area contributed by atoms with Gasteiger partial charge in [-0.2, -0.15) is 5.10 Å². The molecule has 2 aromatic carbocycles. The predicted octanol–water partition coefficient (Wildman–Crippen LogP) is 3.11. The minimum absolute atomic E-state index is 0.0304. The first-order valence-electron chi connectivity index (χ1n) is 9.28. The predicted molar refractivity (Wildman–Crippen MR) is 104 cm³/mol. The van der Waals surface area contributed by atoms with E-state index in [4.69, 9.17) is 4.42 Å². The summed E-state index contributed by atoms with van der Waals surface area (Å²) in [6.07, 6.45) is 5.01. The Kier molecular flexibility index (Phi) is 5.42. The lowest BCUT2D eigenvalue weighted by atomic mass is 10.1. The molecule has 0 aliphatic heterocycles. The third-order valence-corrected chi connectivity index (χ3v) is 4.46. The molecule has 0 bridgehead atoms. The van der Waals surface area contributed by atoms with Crippen molar-refractivity contribution >= 4 is 17.0 Å². The molecular weight excluding hydrogens is 354 g/mol. The van der Waals surface area contributed by atoms with Gasteiger partial charge in [-0.15, -0.1) is 0 Å². The molecule has 2 aromatic heterocycles. The third-order valence-electron chi connectivity index (χ3n) is 4.46. The fourth-order valence-corrected chi connectivity index (χ4v) is 2.98. The van der Waals surface area contributed by atoms with Gasteiger partial charge in [0.15, 0.2) is 11.5 Å². The summed E-state index contributed by atoms with van der Waals surface area (Å²) >= 11 is 0. The Morgan fingerprint density at radius 1 is 1.07 bits per heavy atom. The van der Waals surface area contributed by atoms with Gasteiger partial charge in [-0.3, -0.25) is 4.79 Å². The van der Waals surface area contributed by atoms with Crippen molar-refractivity contribution in [2.75, 3.05) is 0 Å². The van der Waals surface area contributed by atoms with E-state index >= 15 is 0 Å². The Morgan fingerprint density at radius 3 is 2.68 bits per heavy atom. The second-order valence-electron chi connectivity index (χ2n) is 6.62. The van der Waals surface area contributed by atoms with Crippen molar-refractivity contribution in [1.29, 1.82) is 0 Å². The van der Waals surface area contributed by atoms with Crippen LogP contribution in [-0.4, -0.2) is 25.7 Å². The van der Waals surface area contributed by atoms with E-state index in [1.807, 2.05) is 48.5 Å². The molecule has 0 saturated carbocycles. The van der Waals surface area contributed by atoms with E-state index in [9.17, 15) is 4.79 Å². The number of hydrogen-bond donors (Lipinski definition) is 1. The molecule has 0 saturated heterocycles. The van der Waals surface area contributed by atoms with E-state index in [1.165, 1.54) is 6.33 Å². The fraction of sp³-hybridized carbons (Fsp3) is 0.238. The zero-order valence-electron chi connectivity index (χ0n) is 15.4. The quantitative estimate of drug-likeness (QED) is 0.511. The van der Waals surface area contributed by atoms with Crippen LogP contribution in [-0.2, 0) is 24.3 Å². The maximum Gasteiger partial charge on any atom is 0.220 e. The lowest BCUT2D eigenvalue weighted by Crippen LogP contribution is -2.22. The highest BCUT2D eigenvalue weighted by molar-refractivity contribution is 5.76. The van der Waals surface area contributed by atoms with Gasteiger partial charge in [0.05, 0.1) is 6.54 Å². The van der Waals surface area contributed by atoms with Crippen molar-refractivity contribution in [3.05, 3.63) is 78.2 Å². The van der Waals surface area contributed by atoms with Crippen molar-refractivity contribution in [3.8, 4) is 0 Å². The van der Waals surface area contributed by atoms with Crippen molar-refractivity contribution in [2.24, 2.45) is 0 Å². The lowest BCUT2D eigenvalue weighted by Gasteiger charge is -2.06. The van der Waals surface area contributed by atoms with Crippen LogP contribution in [0.15, 0.2) is 65.6 Å². The van der Waals surface area contributed by atoms with Crippen LogP contribution < -0.4 is 5.32 Å². The molecule has 0 atom stereocenters. The molecule has 0 fully saturated rings. The van der Waals surface area contributed by atoms with E-state index in [0.717, 1.165) is 22.2 Å². The van der Waals surface area contributed by atoms with Crippen LogP contribution >= 0.6 is 0 Å². The van der Waals surface area contributed by atoms with Crippen molar-refractivity contribution in [1.82, 2.24) is 25.1 Å². The summed E-state index contributed by atoms with van der Waals surface area (Å²) in [6.45, 7) is 1.20. The first-order valence-corrected chi connectivity index (χ1v) is 9.28. The van der Waals surface area contributed by atoms with Crippen LogP contribution in [0.3, 0.4) is 0 Å². The van der Waals surface area contributed by atoms with Gasteiger partial charge in [-0.1, -0.05) is 36.4 Å². The van der Waals surface area contributed by atoms with Crippen LogP contribution in [0.4, 0.5) is 0 Å². The monoisotopic (exact) mass is 375 g/mol. The van der Waals surface area contributed by atoms with Crippen molar-refractivity contribution in [2.45, 2.75) is 32.4 Å². The van der Waals surface area contributed by atoms with Gasteiger partial charge in [-0.25, -0.2) is 14.6 Å². The molecular formula is C21H21N5O2. The normalized spacial score (nSPS) is 11.0. The van der Waals surface area contributed by atoms with Gasteiger partial charge >= 0.3 is 0 Å². The van der Waals surface area contributed by atoms with Crippen LogP contribution in [0.25, 0.3) is 11.1 Å². The summed E-state index contributed by atoms with van der Waals surface area (Å²) in [5.41, 5.74) is 3.84. The summed E-state index contributed by atoms with van der Waals surface area (Å²) in [4.78, 5) is 20.4. The molecule has 1 N–H and O–H groups in total. The van der Waals surface area contributed by atoms with Crippen LogP contribution in [0.2, 0.25) is 0 Å². The number of aromatic nitrogens is 4. The molecule has 4 aromatic rings. The first kappa shape index (κ1) is 17.9. The third kappa shape index (κ3) is 4.62. The molecule has 142 valence electrons. The number of carbonyl (C=O) groups excluding carboxylic acids is 1. The summed E-state index contributed by atoms with van der Waals surface area (Å²) in [5, 5.41) is 7.05. The molecule has 7 heteroatoms. The van der Waals surface area contributed by atoms with E-state index in [0.29, 0.717) is 38.2 Å². The number of hydrogen-bond acceptors (Lipinski definition) is 5. The zero-order chi connectivity index (χ0) is 19.2. The van der Waals surface area contributed by atoms with E-state index < -0.39 is 0 Å². The number of oxazole rings is 1. The summed E-state index contributed by atoms with van der Waals surface area (Å²) in [5.74, 6) is 0.708. The van der Waals surface area contributed by atoms with Gasteiger partial charge in [0.1, 0.15) is 18.2 Å². The maximum atomic E-state index is 12.1. The molecule has 0 aliphatic carbocycles. The Morgan fingerprint density at radius 2 is 1.89 bits per heavy atom. The molecule has 1 amide bonds. The molecule has 4 rings (SSSR count). The van der Waals surface area contributed by atoms with Gasteiger partial charge in [0, 0.05) is 19.4 Å². The second-order valence-corrected chi connectivity index (χ2v) is 6.62. The van der Waals surface area contributed by atoms with Crippen LogP contribution in [0.1, 0.15) is 29.9 Å². The Labute approximate surface area is 162 Å². The number of nitrogens with zero attached hydrogens (tertiary/aromatic N) is 4. The topological polar surface area (TPSA) is 85.8 Å². The number of rotatable bonds is 8. The zero-order valence-corrected chi connectivity index (χ0v) is 15.4. The summed E-state index contributed by atoms with van der Waals surface area (Å²) < 4.78 is 7.45. The number of nitrogens with one attached hydrogen (secondary N) is 1. The highest BCUT2D eigenvalue weighted by Gasteiger charge is 2.07. The Bertz CT molecular complexity index is 1010. The van der Waals surface area contributed by atoms with Crippen molar-refractivity contribution < 1.29 is 9.21 Å². The minimum atomic E-state index is 0.0304. The molecule has 0 radical (unpaired) electrons. The number of aryl methyl sites for hydroxylation is 1. The van der Waals surface area contributed by atoms with Gasteiger partial charge in [0.2, 0.25) is 5.91 Å². The first-order chi connectivity index (χ1) is 13.8.